The van der Waals surface area contributed by atoms with Crippen LogP contribution in [0.5, 0.6) is 0 Å². The molecule has 2 amide bonds. The van der Waals surface area contributed by atoms with Crippen LogP contribution in [-0.4, -0.2) is 43.4 Å². The zero-order chi connectivity index (χ0) is 18.4. The van der Waals surface area contributed by atoms with E-state index in [1.165, 1.54) is 5.56 Å². The van der Waals surface area contributed by atoms with Crippen molar-refractivity contribution >= 4 is 11.8 Å². The summed E-state index contributed by atoms with van der Waals surface area (Å²) in [6.45, 7) is 2.07. The van der Waals surface area contributed by atoms with Gasteiger partial charge in [-0.25, -0.2) is 0 Å². The van der Waals surface area contributed by atoms with Crippen LogP contribution in [0.3, 0.4) is 0 Å². The summed E-state index contributed by atoms with van der Waals surface area (Å²) in [5.74, 6) is 0.122. The molecule has 1 aliphatic rings. The average molecular weight is 351 g/mol. The van der Waals surface area contributed by atoms with Crippen LogP contribution in [0.25, 0.3) is 0 Å². The third kappa shape index (κ3) is 4.49. The molecule has 136 valence electrons. The van der Waals surface area contributed by atoms with Crippen molar-refractivity contribution in [1.82, 2.24) is 15.5 Å². The minimum absolute atomic E-state index is 0.129. The number of likely N-dealkylation sites (tertiary alicyclic amines) is 1. The van der Waals surface area contributed by atoms with Gasteiger partial charge in [-0.1, -0.05) is 60.7 Å². The summed E-state index contributed by atoms with van der Waals surface area (Å²) < 4.78 is 0. The quantitative estimate of drug-likeness (QED) is 0.838. The summed E-state index contributed by atoms with van der Waals surface area (Å²) in [5, 5.41) is 5.50. The van der Waals surface area contributed by atoms with Gasteiger partial charge in [0.05, 0.1) is 6.54 Å². The topological polar surface area (TPSA) is 61.4 Å². The fourth-order valence-electron chi connectivity index (χ4n) is 3.47. The average Bonchev–Trinajstić information content (AvgIpc) is 3.15. The molecule has 1 fully saturated rings. The normalized spacial score (nSPS) is 18.3. The number of nitrogens with zero attached hydrogens (tertiary/aromatic N) is 1. The standard InChI is InChI=1S/C21H25N3O2/c1-22-21(26)20(17-10-6-3-7-11-17)23-19(25)15-24-13-12-18(14-24)16-8-4-2-5-9-16/h2-11,18,20H,12-15H2,1H3,(H,22,26)(H,23,25)/t18-,20+/m0/s1. The Morgan fingerprint density at radius 1 is 1.08 bits per heavy atom. The van der Waals surface area contributed by atoms with Crippen LogP contribution in [0.1, 0.15) is 29.5 Å². The SMILES string of the molecule is CNC(=O)[C@H](NC(=O)CN1CC[C@H](c2ccccc2)C1)c1ccccc1. The van der Waals surface area contributed by atoms with Crippen LogP contribution < -0.4 is 10.6 Å². The van der Waals surface area contributed by atoms with Crippen molar-refractivity contribution in [2.45, 2.75) is 18.4 Å². The van der Waals surface area contributed by atoms with Gasteiger partial charge >= 0.3 is 0 Å². The van der Waals surface area contributed by atoms with Gasteiger partial charge in [-0.15, -0.1) is 0 Å². The van der Waals surface area contributed by atoms with Crippen molar-refractivity contribution in [3.63, 3.8) is 0 Å². The van der Waals surface area contributed by atoms with Gasteiger partial charge in [0.1, 0.15) is 6.04 Å². The Hall–Kier alpha value is -2.66. The lowest BCUT2D eigenvalue weighted by molar-refractivity contribution is -0.129. The second-order valence-electron chi connectivity index (χ2n) is 6.66. The first-order chi connectivity index (χ1) is 12.7. The molecule has 2 aromatic rings. The Bertz CT molecular complexity index is 733. The maximum atomic E-state index is 12.5. The zero-order valence-electron chi connectivity index (χ0n) is 15.0. The molecule has 0 spiro atoms. The summed E-state index contributed by atoms with van der Waals surface area (Å²) >= 11 is 0. The number of benzene rings is 2. The Kier molecular flexibility index (Phi) is 6.02. The first kappa shape index (κ1) is 18.1. The minimum Gasteiger partial charge on any atom is -0.357 e. The van der Waals surface area contributed by atoms with Crippen molar-refractivity contribution in [3.05, 3.63) is 71.8 Å². The van der Waals surface area contributed by atoms with Crippen LogP contribution in [0.15, 0.2) is 60.7 Å². The van der Waals surface area contributed by atoms with E-state index >= 15 is 0 Å². The van der Waals surface area contributed by atoms with Crippen molar-refractivity contribution in [2.75, 3.05) is 26.7 Å². The van der Waals surface area contributed by atoms with E-state index in [1.807, 2.05) is 36.4 Å². The van der Waals surface area contributed by atoms with Gasteiger partial charge in [-0.2, -0.15) is 0 Å². The fraction of sp³-hybridized carbons (Fsp3) is 0.333. The molecule has 0 radical (unpaired) electrons. The summed E-state index contributed by atoms with van der Waals surface area (Å²) in [6.07, 6.45) is 1.05. The summed E-state index contributed by atoms with van der Waals surface area (Å²) in [6, 6.07) is 19.1. The van der Waals surface area contributed by atoms with Gasteiger partial charge in [0.15, 0.2) is 0 Å². The molecule has 0 aliphatic carbocycles. The molecule has 0 aromatic heterocycles. The molecule has 26 heavy (non-hydrogen) atoms. The van der Waals surface area contributed by atoms with Crippen LogP contribution >= 0.6 is 0 Å². The molecular weight excluding hydrogens is 326 g/mol. The monoisotopic (exact) mass is 351 g/mol. The Labute approximate surface area is 154 Å². The van der Waals surface area contributed by atoms with Crippen molar-refractivity contribution in [2.24, 2.45) is 0 Å². The highest BCUT2D eigenvalue weighted by molar-refractivity contribution is 5.89. The highest BCUT2D eigenvalue weighted by atomic mass is 16.2. The van der Waals surface area contributed by atoms with Gasteiger partial charge in [-0.05, 0) is 30.0 Å². The molecule has 2 atom stereocenters. The first-order valence-electron chi connectivity index (χ1n) is 9.00. The molecule has 0 saturated carbocycles. The van der Waals surface area contributed by atoms with E-state index in [0.29, 0.717) is 12.5 Å². The van der Waals surface area contributed by atoms with Gasteiger partial charge in [-0.3, -0.25) is 14.5 Å². The number of carbonyl (C=O) groups is 2. The molecule has 5 nitrogen and oxygen atoms in total. The molecule has 2 N–H and O–H groups in total. The van der Waals surface area contributed by atoms with Gasteiger partial charge in [0.2, 0.25) is 11.8 Å². The number of rotatable bonds is 6. The van der Waals surface area contributed by atoms with Gasteiger partial charge in [0.25, 0.3) is 0 Å². The number of nitrogens with one attached hydrogen (secondary N) is 2. The molecule has 3 rings (SSSR count). The van der Waals surface area contributed by atoms with E-state index in [0.717, 1.165) is 25.1 Å². The highest BCUT2D eigenvalue weighted by Gasteiger charge is 2.27. The molecule has 2 aromatic carbocycles. The van der Waals surface area contributed by atoms with E-state index in [2.05, 4.69) is 39.8 Å². The first-order valence-corrected chi connectivity index (χ1v) is 9.00. The van der Waals surface area contributed by atoms with E-state index in [9.17, 15) is 9.59 Å². The lowest BCUT2D eigenvalue weighted by atomic mass is 9.99. The predicted octanol–water partition coefficient (Wildman–Crippen LogP) is 2.08. The van der Waals surface area contributed by atoms with Gasteiger partial charge in [0, 0.05) is 13.6 Å². The van der Waals surface area contributed by atoms with Crippen molar-refractivity contribution in [3.8, 4) is 0 Å². The Balaban J connectivity index is 1.58. The van der Waals surface area contributed by atoms with Crippen LogP contribution in [0, 0.1) is 0 Å². The van der Waals surface area contributed by atoms with Crippen LogP contribution in [0.2, 0.25) is 0 Å². The minimum atomic E-state index is -0.666. The molecular formula is C21H25N3O2. The molecule has 0 bridgehead atoms. The molecule has 1 saturated heterocycles. The summed E-state index contributed by atoms with van der Waals surface area (Å²) in [5.41, 5.74) is 2.10. The molecule has 1 aliphatic heterocycles. The summed E-state index contributed by atoms with van der Waals surface area (Å²) in [4.78, 5) is 26.8. The molecule has 0 unspecified atom stereocenters. The smallest absolute Gasteiger partial charge is 0.246 e. The van der Waals surface area contributed by atoms with Crippen LogP contribution in [0.4, 0.5) is 0 Å². The molecule has 5 heteroatoms. The maximum absolute atomic E-state index is 12.5. The number of hydrogen-bond donors (Lipinski definition) is 2. The second kappa shape index (κ2) is 8.63. The van der Waals surface area contributed by atoms with Crippen LogP contribution in [-0.2, 0) is 9.59 Å². The third-order valence-corrected chi connectivity index (χ3v) is 4.86. The zero-order valence-corrected chi connectivity index (χ0v) is 15.0. The largest absolute Gasteiger partial charge is 0.357 e. The van der Waals surface area contributed by atoms with Gasteiger partial charge < -0.3 is 10.6 Å². The van der Waals surface area contributed by atoms with E-state index in [4.69, 9.17) is 0 Å². The van der Waals surface area contributed by atoms with E-state index in [1.54, 1.807) is 7.05 Å². The van der Waals surface area contributed by atoms with E-state index in [-0.39, 0.29) is 11.8 Å². The van der Waals surface area contributed by atoms with Crippen molar-refractivity contribution < 1.29 is 9.59 Å². The number of carbonyl (C=O) groups excluding carboxylic acids is 2. The predicted molar refractivity (Wildman–Crippen MR) is 102 cm³/mol. The highest BCUT2D eigenvalue weighted by Crippen LogP contribution is 2.26. The lowest BCUT2D eigenvalue weighted by Crippen LogP contribution is -2.43. The number of likely N-dealkylation sites (N-methyl/N-ethyl adjacent to an activating group) is 1. The number of hydrogen-bond acceptors (Lipinski definition) is 3. The van der Waals surface area contributed by atoms with Crippen molar-refractivity contribution in [1.29, 1.82) is 0 Å². The lowest BCUT2D eigenvalue weighted by Gasteiger charge is -2.20. The second-order valence-corrected chi connectivity index (χ2v) is 6.66. The van der Waals surface area contributed by atoms with E-state index < -0.39 is 6.04 Å². The fourth-order valence-corrected chi connectivity index (χ4v) is 3.47. The Morgan fingerprint density at radius 2 is 1.73 bits per heavy atom. The summed E-state index contributed by atoms with van der Waals surface area (Å²) in [7, 11) is 1.58. The Morgan fingerprint density at radius 3 is 2.38 bits per heavy atom. The molecule has 1 heterocycles. The third-order valence-electron chi connectivity index (χ3n) is 4.86. The number of amides is 2. The maximum Gasteiger partial charge on any atom is 0.246 e.